The summed E-state index contributed by atoms with van der Waals surface area (Å²) in [5.41, 5.74) is 1.18. The van der Waals surface area contributed by atoms with Gasteiger partial charge >= 0.3 is 0 Å². The Bertz CT molecular complexity index is 475. The lowest BCUT2D eigenvalue weighted by molar-refractivity contribution is -0.116. The molecule has 0 aliphatic carbocycles. The summed E-state index contributed by atoms with van der Waals surface area (Å²) < 4.78 is 21.8. The number of carbonyl (C=O) groups excluding carboxylic acids is 1. The topological polar surface area (TPSA) is 51.2 Å². The first-order valence-corrected chi connectivity index (χ1v) is 8.30. The van der Waals surface area contributed by atoms with Crippen molar-refractivity contribution in [2.24, 2.45) is 0 Å². The number of hydrogen-bond acceptors (Lipinski definition) is 4. The fraction of sp³-hybridized carbons (Fsp3) is 0.417. The molecule has 5 heteroatoms. The predicted molar refractivity (Wildman–Crippen MR) is 71.2 cm³/mol. The highest BCUT2D eigenvalue weighted by Crippen LogP contribution is 2.18. The van der Waals surface area contributed by atoms with Crippen molar-refractivity contribution in [3.8, 4) is 0 Å². The van der Waals surface area contributed by atoms with Crippen LogP contribution in [0.25, 0.3) is 0 Å². The molecule has 0 N–H and O–H groups in total. The van der Waals surface area contributed by atoms with Gasteiger partial charge in [-0.3, -0.25) is 4.79 Å². The van der Waals surface area contributed by atoms with E-state index in [1.807, 2.05) is 31.2 Å². The maximum absolute atomic E-state index is 11.4. The fourth-order valence-electron chi connectivity index (χ4n) is 1.17. The van der Waals surface area contributed by atoms with Crippen LogP contribution < -0.4 is 0 Å². The number of rotatable bonds is 6. The van der Waals surface area contributed by atoms with Crippen LogP contribution in [0.2, 0.25) is 0 Å². The van der Waals surface area contributed by atoms with Crippen molar-refractivity contribution in [2.75, 3.05) is 17.8 Å². The van der Waals surface area contributed by atoms with Gasteiger partial charge in [-0.15, -0.1) is 11.8 Å². The fourth-order valence-corrected chi connectivity index (χ4v) is 2.57. The van der Waals surface area contributed by atoms with Crippen LogP contribution in [0.3, 0.4) is 0 Å². The zero-order chi connectivity index (χ0) is 12.9. The van der Waals surface area contributed by atoms with Gasteiger partial charge in [-0.05, 0) is 19.1 Å². The second-order valence-electron chi connectivity index (χ2n) is 4.02. The van der Waals surface area contributed by atoms with E-state index < -0.39 is 9.84 Å². The van der Waals surface area contributed by atoms with E-state index in [0.717, 1.165) is 11.2 Å². The number of aryl methyl sites for hydroxylation is 1. The zero-order valence-electron chi connectivity index (χ0n) is 9.97. The van der Waals surface area contributed by atoms with Gasteiger partial charge in [-0.1, -0.05) is 17.7 Å². The van der Waals surface area contributed by atoms with Gasteiger partial charge in [0.15, 0.2) is 0 Å². The lowest BCUT2D eigenvalue weighted by Crippen LogP contribution is -2.10. The van der Waals surface area contributed by atoms with E-state index in [-0.39, 0.29) is 18.0 Å². The molecule has 0 unspecified atom stereocenters. The van der Waals surface area contributed by atoms with Crippen molar-refractivity contribution in [2.45, 2.75) is 18.2 Å². The standard InChI is InChI=1S/C12H16O3S2/c1-10-3-5-12(6-4-10)16-9-11(13)7-8-17(2,14)15/h3-6H,7-9H2,1-2H3. The third-order valence-electron chi connectivity index (χ3n) is 2.17. The van der Waals surface area contributed by atoms with Crippen LogP contribution >= 0.6 is 11.8 Å². The van der Waals surface area contributed by atoms with E-state index >= 15 is 0 Å². The molecule has 0 amide bonds. The quantitative estimate of drug-likeness (QED) is 0.744. The van der Waals surface area contributed by atoms with Crippen LogP contribution in [0.5, 0.6) is 0 Å². The molecule has 0 aromatic heterocycles. The van der Waals surface area contributed by atoms with Crippen molar-refractivity contribution in [3.05, 3.63) is 29.8 Å². The largest absolute Gasteiger partial charge is 0.299 e. The maximum atomic E-state index is 11.4. The van der Waals surface area contributed by atoms with Gasteiger partial charge in [0.05, 0.1) is 11.5 Å². The van der Waals surface area contributed by atoms with Crippen molar-refractivity contribution < 1.29 is 13.2 Å². The minimum Gasteiger partial charge on any atom is -0.299 e. The second kappa shape index (κ2) is 6.21. The normalized spacial score (nSPS) is 11.4. The molecule has 0 fully saturated rings. The van der Waals surface area contributed by atoms with Gasteiger partial charge in [-0.25, -0.2) is 8.42 Å². The molecule has 0 radical (unpaired) electrons. The highest BCUT2D eigenvalue weighted by molar-refractivity contribution is 8.00. The number of hydrogen-bond donors (Lipinski definition) is 0. The summed E-state index contributed by atoms with van der Waals surface area (Å²) in [4.78, 5) is 12.5. The summed E-state index contributed by atoms with van der Waals surface area (Å²) in [7, 11) is -3.04. The molecule has 3 nitrogen and oxygen atoms in total. The molecule has 0 heterocycles. The third-order valence-corrected chi connectivity index (χ3v) is 4.19. The molecule has 17 heavy (non-hydrogen) atoms. The Balaban J connectivity index is 2.36. The molecule has 0 aliphatic rings. The zero-order valence-corrected chi connectivity index (χ0v) is 11.6. The van der Waals surface area contributed by atoms with Crippen molar-refractivity contribution >= 4 is 27.4 Å². The molecule has 1 rings (SSSR count). The Kier molecular flexibility index (Phi) is 5.21. The Morgan fingerprint density at radius 1 is 1.24 bits per heavy atom. The van der Waals surface area contributed by atoms with Crippen LogP contribution in [0.4, 0.5) is 0 Å². The summed E-state index contributed by atoms with van der Waals surface area (Å²) in [6.07, 6.45) is 1.26. The number of sulfone groups is 1. The van der Waals surface area contributed by atoms with Crippen LogP contribution in [-0.4, -0.2) is 32.0 Å². The van der Waals surface area contributed by atoms with Gasteiger partial charge in [0, 0.05) is 17.6 Å². The first kappa shape index (κ1) is 14.3. The number of carbonyl (C=O) groups is 1. The molecule has 1 aromatic rings. The second-order valence-corrected chi connectivity index (χ2v) is 7.33. The van der Waals surface area contributed by atoms with E-state index in [1.165, 1.54) is 17.3 Å². The molecule has 0 saturated heterocycles. The monoisotopic (exact) mass is 272 g/mol. The number of ketones is 1. The molecule has 94 valence electrons. The Morgan fingerprint density at radius 2 is 1.82 bits per heavy atom. The molecular weight excluding hydrogens is 256 g/mol. The number of thioether (sulfide) groups is 1. The SMILES string of the molecule is Cc1ccc(SCC(=O)CCS(C)(=O)=O)cc1. The first-order chi connectivity index (χ1) is 7.87. The molecule has 1 aromatic carbocycles. The molecule has 0 atom stereocenters. The summed E-state index contributed by atoms with van der Waals surface area (Å²) in [5, 5.41) is 0. The van der Waals surface area contributed by atoms with Gasteiger partial charge in [0.1, 0.15) is 15.6 Å². The Labute approximate surface area is 107 Å². The molecule has 0 bridgehead atoms. The molecule has 0 saturated carbocycles. The average Bonchev–Trinajstić information content (AvgIpc) is 2.25. The Morgan fingerprint density at radius 3 is 2.35 bits per heavy atom. The van der Waals surface area contributed by atoms with E-state index in [0.29, 0.717) is 5.75 Å². The van der Waals surface area contributed by atoms with Crippen LogP contribution in [0.1, 0.15) is 12.0 Å². The smallest absolute Gasteiger partial charge is 0.147 e. The molecular formula is C12H16O3S2. The minimum absolute atomic E-state index is 0.0269. The number of Topliss-reactive ketones (excluding diaryl/α,β-unsaturated/α-hetero) is 1. The predicted octanol–water partition coefficient (Wildman–Crippen LogP) is 2.09. The number of benzene rings is 1. The molecule has 0 spiro atoms. The molecule has 0 aliphatic heterocycles. The van der Waals surface area contributed by atoms with Gasteiger partial charge in [0.2, 0.25) is 0 Å². The highest BCUT2D eigenvalue weighted by atomic mass is 32.2. The summed E-state index contributed by atoms with van der Waals surface area (Å²) in [6.45, 7) is 2.01. The van der Waals surface area contributed by atoms with Gasteiger partial charge < -0.3 is 0 Å². The van der Waals surface area contributed by atoms with E-state index in [4.69, 9.17) is 0 Å². The van der Waals surface area contributed by atoms with E-state index in [1.54, 1.807) is 0 Å². The maximum Gasteiger partial charge on any atom is 0.147 e. The van der Waals surface area contributed by atoms with Crippen molar-refractivity contribution in [3.63, 3.8) is 0 Å². The van der Waals surface area contributed by atoms with Crippen molar-refractivity contribution in [1.82, 2.24) is 0 Å². The van der Waals surface area contributed by atoms with Crippen LogP contribution in [0.15, 0.2) is 29.2 Å². The minimum atomic E-state index is -3.04. The van der Waals surface area contributed by atoms with Crippen LogP contribution in [0, 0.1) is 6.92 Å². The van der Waals surface area contributed by atoms with Gasteiger partial charge in [-0.2, -0.15) is 0 Å². The van der Waals surface area contributed by atoms with Crippen molar-refractivity contribution in [1.29, 1.82) is 0 Å². The summed E-state index contributed by atoms with van der Waals surface area (Å²) in [5.74, 6) is 0.250. The van der Waals surface area contributed by atoms with Gasteiger partial charge in [0.25, 0.3) is 0 Å². The average molecular weight is 272 g/mol. The van der Waals surface area contributed by atoms with Crippen LogP contribution in [-0.2, 0) is 14.6 Å². The lowest BCUT2D eigenvalue weighted by Gasteiger charge is -2.01. The third kappa shape index (κ3) is 6.48. The Hall–Kier alpha value is -0.810. The van der Waals surface area contributed by atoms with E-state index in [9.17, 15) is 13.2 Å². The van der Waals surface area contributed by atoms with E-state index in [2.05, 4.69) is 0 Å². The lowest BCUT2D eigenvalue weighted by atomic mass is 10.2. The summed E-state index contributed by atoms with van der Waals surface area (Å²) in [6, 6.07) is 7.90. The first-order valence-electron chi connectivity index (χ1n) is 5.26. The summed E-state index contributed by atoms with van der Waals surface area (Å²) >= 11 is 1.44. The highest BCUT2D eigenvalue weighted by Gasteiger charge is 2.08.